The summed E-state index contributed by atoms with van der Waals surface area (Å²) in [6, 6.07) is 10.6. The second kappa shape index (κ2) is 10.1. The van der Waals surface area contributed by atoms with E-state index in [2.05, 4.69) is 67.0 Å². The first kappa shape index (κ1) is 25.8. The normalized spacial score (nSPS) is 42.4. The molecular formula is C31H45BrO3. The molecule has 0 saturated heterocycles. The smallest absolute Gasteiger partial charge is 0.317 e. The summed E-state index contributed by atoms with van der Waals surface area (Å²) >= 11 is 3.42. The molecule has 35 heavy (non-hydrogen) atoms. The average Bonchev–Trinajstić information content (AvgIpc) is 3.20. The van der Waals surface area contributed by atoms with Gasteiger partial charge in [-0.1, -0.05) is 67.0 Å². The third-order valence-corrected chi connectivity index (χ3v) is 12.3. The van der Waals surface area contributed by atoms with Crippen LogP contribution in [0.15, 0.2) is 30.3 Å². The number of carboxylic acids is 1. The molecule has 0 radical (unpaired) electrons. The van der Waals surface area contributed by atoms with Crippen LogP contribution < -0.4 is 0 Å². The summed E-state index contributed by atoms with van der Waals surface area (Å²) in [5, 5.41) is 9.42. The van der Waals surface area contributed by atoms with E-state index >= 15 is 0 Å². The molecule has 1 aromatic carbocycles. The highest BCUT2D eigenvalue weighted by Gasteiger charge is 2.60. The molecule has 0 heterocycles. The van der Waals surface area contributed by atoms with E-state index in [1.165, 1.54) is 63.4 Å². The van der Waals surface area contributed by atoms with Gasteiger partial charge in [0.1, 0.15) is 4.83 Å². The zero-order valence-corrected chi connectivity index (χ0v) is 23.5. The van der Waals surface area contributed by atoms with Gasteiger partial charge in [0.25, 0.3) is 0 Å². The van der Waals surface area contributed by atoms with E-state index in [4.69, 9.17) is 4.74 Å². The minimum atomic E-state index is -0.713. The Labute approximate surface area is 220 Å². The van der Waals surface area contributed by atoms with Crippen molar-refractivity contribution >= 4 is 21.9 Å². The van der Waals surface area contributed by atoms with Crippen molar-refractivity contribution in [3.63, 3.8) is 0 Å². The van der Waals surface area contributed by atoms with Crippen molar-refractivity contribution in [1.29, 1.82) is 0 Å². The molecule has 0 bridgehead atoms. The van der Waals surface area contributed by atoms with E-state index in [-0.39, 0.29) is 0 Å². The predicted octanol–water partition coefficient (Wildman–Crippen LogP) is 8.11. The number of hydrogen-bond donors (Lipinski definition) is 1. The number of hydrogen-bond acceptors (Lipinski definition) is 2. The van der Waals surface area contributed by atoms with Crippen molar-refractivity contribution in [2.75, 3.05) is 0 Å². The molecule has 4 saturated carbocycles. The van der Waals surface area contributed by atoms with Crippen LogP contribution in [0.4, 0.5) is 0 Å². The third kappa shape index (κ3) is 4.76. The van der Waals surface area contributed by atoms with Gasteiger partial charge >= 0.3 is 5.97 Å². The van der Waals surface area contributed by atoms with Crippen molar-refractivity contribution < 1.29 is 14.6 Å². The highest BCUT2D eigenvalue weighted by atomic mass is 79.9. The van der Waals surface area contributed by atoms with Crippen LogP contribution >= 0.6 is 15.9 Å². The molecule has 2 unspecified atom stereocenters. The highest BCUT2D eigenvalue weighted by Crippen LogP contribution is 2.68. The lowest BCUT2D eigenvalue weighted by Gasteiger charge is -2.61. The topological polar surface area (TPSA) is 46.5 Å². The molecule has 3 nitrogen and oxygen atoms in total. The Morgan fingerprint density at radius 2 is 1.74 bits per heavy atom. The summed E-state index contributed by atoms with van der Waals surface area (Å²) in [4.78, 5) is 11.0. The minimum absolute atomic E-state index is 0.394. The highest BCUT2D eigenvalue weighted by molar-refractivity contribution is 9.10. The summed E-state index contributed by atoms with van der Waals surface area (Å²) < 4.78 is 6.43. The summed E-state index contributed by atoms with van der Waals surface area (Å²) in [6.45, 7) is 8.28. The van der Waals surface area contributed by atoms with Crippen LogP contribution in [-0.2, 0) is 16.1 Å². The fraction of sp³-hybridized carbons (Fsp3) is 0.774. The zero-order chi connectivity index (χ0) is 24.8. The van der Waals surface area contributed by atoms with Gasteiger partial charge in [-0.05, 0) is 116 Å². The Morgan fingerprint density at radius 1 is 1.03 bits per heavy atom. The lowest BCUT2D eigenvalue weighted by atomic mass is 9.44. The molecule has 5 rings (SSSR count). The maximum atomic E-state index is 11.4. The van der Waals surface area contributed by atoms with Crippen LogP contribution in [0.5, 0.6) is 0 Å². The zero-order valence-electron chi connectivity index (χ0n) is 21.9. The van der Waals surface area contributed by atoms with Crippen molar-refractivity contribution in [2.45, 2.75) is 103 Å². The monoisotopic (exact) mass is 544 g/mol. The first-order chi connectivity index (χ1) is 16.7. The largest absolute Gasteiger partial charge is 0.480 e. The summed E-state index contributed by atoms with van der Waals surface area (Å²) in [5.41, 5.74) is 2.16. The Bertz CT molecular complexity index is 888. The molecule has 1 aromatic rings. The maximum absolute atomic E-state index is 11.4. The predicted molar refractivity (Wildman–Crippen MR) is 144 cm³/mol. The van der Waals surface area contributed by atoms with E-state index in [0.717, 1.165) is 36.7 Å². The van der Waals surface area contributed by atoms with E-state index in [1.807, 2.05) is 0 Å². The van der Waals surface area contributed by atoms with Gasteiger partial charge in [-0.25, -0.2) is 0 Å². The summed E-state index contributed by atoms with van der Waals surface area (Å²) in [5.74, 6) is 3.79. The molecule has 4 heteroatoms. The molecule has 1 N–H and O–H groups in total. The van der Waals surface area contributed by atoms with E-state index < -0.39 is 10.8 Å². The lowest BCUT2D eigenvalue weighted by Crippen LogP contribution is -2.54. The second-order valence-corrected chi connectivity index (χ2v) is 14.2. The summed E-state index contributed by atoms with van der Waals surface area (Å²) in [6.07, 6.45) is 13.1. The van der Waals surface area contributed by atoms with Gasteiger partial charge in [0.15, 0.2) is 0 Å². The number of carboxylic acid groups (broad SMARTS) is 1. The van der Waals surface area contributed by atoms with Gasteiger partial charge in [0, 0.05) is 0 Å². The number of rotatable bonds is 7. The Hall–Kier alpha value is -0.870. The molecule has 4 aliphatic carbocycles. The first-order valence-electron chi connectivity index (χ1n) is 14.2. The Morgan fingerprint density at radius 3 is 2.49 bits per heavy atom. The quantitative estimate of drug-likeness (QED) is 0.352. The van der Waals surface area contributed by atoms with Gasteiger partial charge in [0.05, 0.1) is 12.7 Å². The number of fused-ring (bicyclic) bond motifs is 5. The SMILES string of the molecule is CC(CC(Br)C(=O)O)[C@H]1CC[C@H]2[C@@H]3CC[C@@H]4C[C@H](OCc5ccccc5)CC[C@]4(C)[C@H]3CC[C@]12C. The van der Waals surface area contributed by atoms with Crippen molar-refractivity contribution in [1.82, 2.24) is 0 Å². The Balaban J connectivity index is 1.23. The number of benzene rings is 1. The van der Waals surface area contributed by atoms with Crippen LogP contribution in [0.1, 0.15) is 90.5 Å². The Kier molecular flexibility index (Phi) is 7.45. The number of alkyl halides is 1. The van der Waals surface area contributed by atoms with E-state index in [1.54, 1.807) is 0 Å². The van der Waals surface area contributed by atoms with Gasteiger partial charge in [-0.3, -0.25) is 4.79 Å². The van der Waals surface area contributed by atoms with Gasteiger partial charge in [-0.2, -0.15) is 0 Å². The fourth-order valence-corrected chi connectivity index (χ4v) is 10.3. The van der Waals surface area contributed by atoms with E-state index in [0.29, 0.717) is 28.8 Å². The molecule has 0 aromatic heterocycles. The maximum Gasteiger partial charge on any atom is 0.317 e. The number of aliphatic carboxylic acids is 1. The van der Waals surface area contributed by atoms with Crippen molar-refractivity contribution in [2.24, 2.45) is 46.3 Å². The molecule has 0 spiro atoms. The molecule has 0 amide bonds. The number of halogens is 1. The second-order valence-electron chi connectivity index (χ2n) is 13.1. The van der Waals surface area contributed by atoms with Crippen LogP contribution in [0.25, 0.3) is 0 Å². The molecule has 0 aliphatic heterocycles. The van der Waals surface area contributed by atoms with Gasteiger partial charge in [-0.15, -0.1) is 0 Å². The molecule has 194 valence electrons. The minimum Gasteiger partial charge on any atom is -0.480 e. The van der Waals surface area contributed by atoms with Crippen molar-refractivity contribution in [3.05, 3.63) is 35.9 Å². The van der Waals surface area contributed by atoms with E-state index in [9.17, 15) is 9.90 Å². The third-order valence-electron chi connectivity index (χ3n) is 11.6. The van der Waals surface area contributed by atoms with Crippen LogP contribution in [0.3, 0.4) is 0 Å². The molecule has 4 fully saturated rings. The molecule has 4 aliphatic rings. The first-order valence-corrected chi connectivity index (χ1v) is 15.2. The van der Waals surface area contributed by atoms with Gasteiger partial charge < -0.3 is 9.84 Å². The summed E-state index contributed by atoms with van der Waals surface area (Å²) in [7, 11) is 0. The lowest BCUT2D eigenvalue weighted by molar-refractivity contribution is -0.139. The average molecular weight is 546 g/mol. The van der Waals surface area contributed by atoms with Crippen molar-refractivity contribution in [3.8, 4) is 0 Å². The standard InChI is InChI=1S/C31H45BrO3/c1-20(17-28(32)29(33)34)25-11-12-26-24-10-9-22-18-23(35-19-21-7-5-4-6-8-21)13-15-30(22,2)27(24)14-16-31(25,26)3/h4-8,20,22-28H,9-19H2,1-3H3,(H,33,34)/t20?,22-,23-,24+,25-,26+,27+,28?,30+,31-/m1/s1. The fourth-order valence-electron chi connectivity index (χ4n) is 9.73. The van der Waals surface area contributed by atoms with Gasteiger partial charge in [0.2, 0.25) is 0 Å². The number of ether oxygens (including phenoxy) is 1. The molecular weight excluding hydrogens is 500 g/mol. The van der Waals surface area contributed by atoms with Crippen LogP contribution in [0, 0.1) is 46.3 Å². The number of carbonyl (C=O) groups is 1. The molecule has 10 atom stereocenters. The van der Waals surface area contributed by atoms with Crippen LogP contribution in [0.2, 0.25) is 0 Å². The van der Waals surface area contributed by atoms with Crippen LogP contribution in [-0.4, -0.2) is 22.0 Å².